The van der Waals surface area contributed by atoms with Gasteiger partial charge in [0.25, 0.3) is 0 Å². The lowest BCUT2D eigenvalue weighted by Crippen LogP contribution is -2.39. The highest BCUT2D eigenvalue weighted by Crippen LogP contribution is 2.24. The van der Waals surface area contributed by atoms with Gasteiger partial charge in [-0.1, -0.05) is 30.3 Å². The van der Waals surface area contributed by atoms with Crippen LogP contribution >= 0.6 is 0 Å². The second-order valence-electron chi connectivity index (χ2n) is 8.26. The number of anilines is 1. The molecule has 1 aliphatic heterocycles. The number of fused-ring (bicyclic) bond motifs is 1. The van der Waals surface area contributed by atoms with Gasteiger partial charge in [0.15, 0.2) is 0 Å². The monoisotopic (exact) mass is 441 g/mol. The Labute approximate surface area is 193 Å². The third-order valence-electron chi connectivity index (χ3n) is 5.97. The fraction of sp³-hybridized carbons (Fsp3) is 0.269. The maximum Gasteiger partial charge on any atom is 0.248 e. The van der Waals surface area contributed by atoms with Crippen molar-refractivity contribution in [3.05, 3.63) is 71.9 Å². The van der Waals surface area contributed by atoms with E-state index in [1.54, 1.807) is 6.08 Å². The van der Waals surface area contributed by atoms with Gasteiger partial charge in [0.2, 0.25) is 11.8 Å². The SMILES string of the molecule is N#CCCn1cc(/C=C/C(=O)Nc2cccc(CN3CCCC3C(N)=O)c2)c2ccccc21. The molecule has 1 atom stereocenters. The average molecular weight is 442 g/mol. The van der Waals surface area contributed by atoms with E-state index in [-0.39, 0.29) is 17.9 Å². The van der Waals surface area contributed by atoms with Crippen molar-refractivity contribution in [2.24, 2.45) is 5.73 Å². The molecule has 7 heteroatoms. The van der Waals surface area contributed by atoms with Crippen LogP contribution in [0.15, 0.2) is 60.8 Å². The predicted molar refractivity (Wildman–Crippen MR) is 129 cm³/mol. The Balaban J connectivity index is 1.44. The van der Waals surface area contributed by atoms with E-state index >= 15 is 0 Å². The maximum absolute atomic E-state index is 12.6. The van der Waals surface area contributed by atoms with Crippen molar-refractivity contribution in [3.8, 4) is 6.07 Å². The Morgan fingerprint density at radius 3 is 2.88 bits per heavy atom. The summed E-state index contributed by atoms with van der Waals surface area (Å²) < 4.78 is 2.04. The quantitative estimate of drug-likeness (QED) is 0.521. The Morgan fingerprint density at radius 1 is 1.21 bits per heavy atom. The first-order chi connectivity index (χ1) is 16.0. The van der Waals surface area contributed by atoms with Gasteiger partial charge in [0, 0.05) is 47.5 Å². The number of rotatable bonds is 8. The molecule has 3 aromatic rings. The number of carbonyl (C=O) groups excluding carboxylic acids is 2. The fourth-order valence-corrected chi connectivity index (χ4v) is 4.43. The van der Waals surface area contributed by atoms with Crippen LogP contribution in [0.5, 0.6) is 0 Å². The van der Waals surface area contributed by atoms with Crippen molar-refractivity contribution in [1.82, 2.24) is 9.47 Å². The van der Waals surface area contributed by atoms with Crippen LogP contribution in [0.1, 0.15) is 30.4 Å². The molecule has 1 aromatic heterocycles. The topological polar surface area (TPSA) is 104 Å². The van der Waals surface area contributed by atoms with Crippen molar-refractivity contribution in [2.75, 3.05) is 11.9 Å². The second kappa shape index (κ2) is 10.2. The van der Waals surface area contributed by atoms with E-state index in [4.69, 9.17) is 11.0 Å². The van der Waals surface area contributed by atoms with Gasteiger partial charge in [-0.2, -0.15) is 5.26 Å². The molecule has 33 heavy (non-hydrogen) atoms. The van der Waals surface area contributed by atoms with Gasteiger partial charge in [0.1, 0.15) is 0 Å². The minimum absolute atomic E-state index is 0.221. The number of benzene rings is 2. The number of primary amides is 1. The standard InChI is InChI=1S/C26H27N5O2/c27-13-5-15-31-18-20(22-8-1-2-9-23(22)31)11-12-25(32)29-21-7-3-6-19(16-21)17-30-14-4-10-24(30)26(28)33/h1-3,6-9,11-12,16,18,24H,4-5,10,14-15,17H2,(H2,28,33)(H,29,32)/b12-11+. The van der Waals surface area contributed by atoms with Crippen molar-refractivity contribution in [3.63, 3.8) is 0 Å². The van der Waals surface area contributed by atoms with Crippen LogP contribution in [-0.2, 0) is 22.7 Å². The van der Waals surface area contributed by atoms with Crippen LogP contribution in [-0.4, -0.2) is 33.9 Å². The van der Waals surface area contributed by atoms with Gasteiger partial charge >= 0.3 is 0 Å². The molecule has 2 heterocycles. The molecule has 3 N–H and O–H groups in total. The zero-order valence-electron chi connectivity index (χ0n) is 18.4. The van der Waals surface area contributed by atoms with Crippen molar-refractivity contribution >= 4 is 34.5 Å². The van der Waals surface area contributed by atoms with E-state index in [0.717, 1.165) is 41.4 Å². The van der Waals surface area contributed by atoms with Crippen LogP contribution in [0.2, 0.25) is 0 Å². The van der Waals surface area contributed by atoms with E-state index < -0.39 is 0 Å². The molecule has 0 bridgehead atoms. The Kier molecular flexibility index (Phi) is 6.86. The molecule has 0 spiro atoms. The van der Waals surface area contributed by atoms with Gasteiger partial charge in [0.05, 0.1) is 18.5 Å². The molecule has 7 nitrogen and oxygen atoms in total. The zero-order chi connectivity index (χ0) is 23.2. The molecule has 1 unspecified atom stereocenters. The number of carbonyl (C=O) groups is 2. The number of aryl methyl sites for hydroxylation is 1. The minimum atomic E-state index is -0.281. The summed E-state index contributed by atoms with van der Waals surface area (Å²) in [5.41, 5.74) is 9.21. The molecule has 1 fully saturated rings. The largest absolute Gasteiger partial charge is 0.368 e. The molecular formula is C26H27N5O2. The predicted octanol–water partition coefficient (Wildman–Crippen LogP) is 3.66. The zero-order valence-corrected chi connectivity index (χ0v) is 18.4. The highest BCUT2D eigenvalue weighted by atomic mass is 16.2. The van der Waals surface area contributed by atoms with Gasteiger partial charge in [-0.3, -0.25) is 14.5 Å². The van der Waals surface area contributed by atoms with E-state index in [2.05, 4.69) is 16.3 Å². The van der Waals surface area contributed by atoms with Gasteiger partial charge < -0.3 is 15.6 Å². The van der Waals surface area contributed by atoms with E-state index in [0.29, 0.717) is 25.2 Å². The molecule has 1 aliphatic rings. The van der Waals surface area contributed by atoms with Crippen LogP contribution in [0.25, 0.3) is 17.0 Å². The summed E-state index contributed by atoms with van der Waals surface area (Å²) in [6.07, 6.45) is 7.47. The average Bonchev–Trinajstić information content (AvgIpc) is 3.41. The number of nitrogens with one attached hydrogen (secondary N) is 1. The highest BCUT2D eigenvalue weighted by molar-refractivity contribution is 6.03. The molecule has 4 rings (SSSR count). The lowest BCUT2D eigenvalue weighted by atomic mass is 10.1. The third-order valence-corrected chi connectivity index (χ3v) is 5.97. The van der Waals surface area contributed by atoms with Crippen LogP contribution in [0.3, 0.4) is 0 Å². The molecule has 2 aromatic carbocycles. The first-order valence-corrected chi connectivity index (χ1v) is 11.1. The number of aromatic nitrogens is 1. The number of likely N-dealkylation sites (tertiary alicyclic amines) is 1. The summed E-state index contributed by atoms with van der Waals surface area (Å²) in [6, 6.07) is 17.6. The van der Waals surface area contributed by atoms with Gasteiger partial charge in [-0.05, 0) is 49.2 Å². The smallest absolute Gasteiger partial charge is 0.248 e. The lowest BCUT2D eigenvalue weighted by Gasteiger charge is -2.22. The second-order valence-corrected chi connectivity index (χ2v) is 8.26. The summed E-state index contributed by atoms with van der Waals surface area (Å²) >= 11 is 0. The maximum atomic E-state index is 12.6. The molecular weight excluding hydrogens is 414 g/mol. The van der Waals surface area contributed by atoms with E-state index in [1.165, 1.54) is 6.08 Å². The number of hydrogen-bond acceptors (Lipinski definition) is 4. The normalized spacial score (nSPS) is 16.3. The van der Waals surface area contributed by atoms with Crippen LogP contribution < -0.4 is 11.1 Å². The van der Waals surface area contributed by atoms with Gasteiger partial charge in [-0.25, -0.2) is 0 Å². The summed E-state index contributed by atoms with van der Waals surface area (Å²) in [5.74, 6) is -0.506. The number of hydrogen-bond donors (Lipinski definition) is 2. The fourth-order valence-electron chi connectivity index (χ4n) is 4.43. The number of nitrogens with two attached hydrogens (primary N) is 1. The summed E-state index contributed by atoms with van der Waals surface area (Å²) in [4.78, 5) is 26.3. The molecule has 0 radical (unpaired) electrons. The molecule has 0 saturated carbocycles. The Hall–Kier alpha value is -3.89. The molecule has 1 saturated heterocycles. The first kappa shape index (κ1) is 22.3. The van der Waals surface area contributed by atoms with Crippen molar-refractivity contribution < 1.29 is 9.59 Å². The molecule has 168 valence electrons. The lowest BCUT2D eigenvalue weighted by molar-refractivity contribution is -0.122. The van der Waals surface area contributed by atoms with Crippen LogP contribution in [0.4, 0.5) is 5.69 Å². The Bertz CT molecular complexity index is 1240. The first-order valence-electron chi connectivity index (χ1n) is 11.1. The third kappa shape index (κ3) is 5.30. The van der Waals surface area contributed by atoms with E-state index in [9.17, 15) is 9.59 Å². The van der Waals surface area contributed by atoms with Gasteiger partial charge in [-0.15, -0.1) is 0 Å². The number of nitriles is 1. The Morgan fingerprint density at radius 2 is 2.06 bits per heavy atom. The van der Waals surface area contributed by atoms with Crippen molar-refractivity contribution in [1.29, 1.82) is 5.26 Å². The number of nitrogens with zero attached hydrogens (tertiary/aromatic N) is 3. The molecule has 0 aliphatic carbocycles. The minimum Gasteiger partial charge on any atom is -0.368 e. The summed E-state index contributed by atoms with van der Waals surface area (Å²) in [5, 5.41) is 12.9. The summed E-state index contributed by atoms with van der Waals surface area (Å²) in [7, 11) is 0. The van der Waals surface area contributed by atoms with E-state index in [1.807, 2.05) is 59.3 Å². The summed E-state index contributed by atoms with van der Waals surface area (Å²) in [6.45, 7) is 2.07. The van der Waals surface area contributed by atoms with Crippen LogP contribution in [0, 0.1) is 11.3 Å². The number of para-hydroxylation sites is 1. The number of amides is 2. The highest BCUT2D eigenvalue weighted by Gasteiger charge is 2.28. The molecule has 2 amide bonds. The van der Waals surface area contributed by atoms with Crippen molar-refractivity contribution in [2.45, 2.75) is 38.4 Å².